The molecule has 0 saturated heterocycles. The number of hydrogen-bond acceptors (Lipinski definition) is 4. The Morgan fingerprint density at radius 3 is 1.64 bits per heavy atom. The maximum atomic E-state index is 7.04. The van der Waals surface area contributed by atoms with Gasteiger partial charge in [-0.1, -0.05) is 182 Å². The van der Waals surface area contributed by atoms with Crippen LogP contribution < -0.4 is 5.32 Å². The first kappa shape index (κ1) is 32.4. The Balaban J connectivity index is 1.11. The molecule has 0 fully saturated rings. The Bertz CT molecular complexity index is 2860. The van der Waals surface area contributed by atoms with Gasteiger partial charge in [0.2, 0.25) is 0 Å². The molecule has 1 unspecified atom stereocenters. The summed E-state index contributed by atoms with van der Waals surface area (Å²) in [6.45, 7) is 0. The number of nitrogens with one attached hydrogen (secondary N) is 1. The third kappa shape index (κ3) is 6.10. The molecule has 10 rings (SSSR count). The summed E-state index contributed by atoms with van der Waals surface area (Å²) in [6, 6.07) is 69.8. The first-order valence-corrected chi connectivity index (χ1v) is 18.6. The Hall–Kier alpha value is -7.30. The van der Waals surface area contributed by atoms with Crippen LogP contribution in [0.5, 0.6) is 0 Å². The van der Waals surface area contributed by atoms with Crippen molar-refractivity contribution in [2.24, 2.45) is 9.98 Å². The van der Waals surface area contributed by atoms with E-state index in [1.54, 1.807) is 0 Å². The van der Waals surface area contributed by atoms with Gasteiger partial charge in [-0.05, 0) is 57.1 Å². The van der Waals surface area contributed by atoms with E-state index in [1.165, 1.54) is 22.3 Å². The molecule has 0 saturated carbocycles. The van der Waals surface area contributed by atoms with Gasteiger partial charge in [0, 0.05) is 33.0 Å². The van der Waals surface area contributed by atoms with Gasteiger partial charge >= 0.3 is 0 Å². The molecule has 0 bridgehead atoms. The standard InChI is InChI=1S/C51H35N3O/c1-5-15-34(16-6-1)40-23-13-24-41(33-40)35-27-29-36(30-28-35)42-25-14-26-43-44-31-32-45(46(48(44)55-47(42)43)37-17-7-2-8-18-37)51-53-49(38-19-9-3-10-20-38)52-50(54-51)39-21-11-4-12-22-39/h1-33,49H,(H,52,53,54). The summed E-state index contributed by atoms with van der Waals surface area (Å²) in [5, 5.41) is 5.71. The molecule has 0 amide bonds. The van der Waals surface area contributed by atoms with Gasteiger partial charge in [0.25, 0.3) is 0 Å². The van der Waals surface area contributed by atoms with Gasteiger partial charge < -0.3 is 9.73 Å². The molecular formula is C51H35N3O. The summed E-state index contributed by atoms with van der Waals surface area (Å²) in [4.78, 5) is 10.4. The van der Waals surface area contributed by atoms with Crippen LogP contribution in [-0.4, -0.2) is 11.7 Å². The topological polar surface area (TPSA) is 49.9 Å². The summed E-state index contributed by atoms with van der Waals surface area (Å²) in [7, 11) is 0. The van der Waals surface area contributed by atoms with E-state index in [9.17, 15) is 0 Å². The van der Waals surface area contributed by atoms with Crippen LogP contribution in [0.15, 0.2) is 215 Å². The van der Waals surface area contributed by atoms with Crippen LogP contribution in [0.4, 0.5) is 0 Å². The maximum Gasteiger partial charge on any atom is 0.160 e. The van der Waals surface area contributed by atoms with Crippen LogP contribution in [0.2, 0.25) is 0 Å². The molecule has 1 N–H and O–H groups in total. The highest BCUT2D eigenvalue weighted by atomic mass is 16.3. The van der Waals surface area contributed by atoms with E-state index >= 15 is 0 Å². The number of aliphatic imine (C=N–C) groups is 2. The molecule has 4 heteroatoms. The molecule has 0 radical (unpaired) electrons. The Morgan fingerprint density at radius 1 is 0.400 bits per heavy atom. The minimum Gasteiger partial charge on any atom is -0.455 e. The van der Waals surface area contributed by atoms with Crippen molar-refractivity contribution in [2.75, 3.05) is 0 Å². The molecule has 1 aromatic heterocycles. The smallest absolute Gasteiger partial charge is 0.160 e. The number of rotatable bonds is 7. The molecule has 260 valence electrons. The van der Waals surface area contributed by atoms with Crippen molar-refractivity contribution in [1.29, 1.82) is 0 Å². The van der Waals surface area contributed by atoms with Gasteiger partial charge in [-0.25, -0.2) is 9.98 Å². The second kappa shape index (κ2) is 13.9. The largest absolute Gasteiger partial charge is 0.455 e. The van der Waals surface area contributed by atoms with E-state index < -0.39 is 0 Å². The van der Waals surface area contributed by atoms with Gasteiger partial charge in [-0.3, -0.25) is 0 Å². The molecule has 1 aliphatic heterocycles. The molecule has 4 nitrogen and oxygen atoms in total. The lowest BCUT2D eigenvalue weighted by molar-refractivity contribution is 0.669. The predicted molar refractivity (Wildman–Crippen MR) is 227 cm³/mol. The number of hydrogen-bond donors (Lipinski definition) is 1. The third-order valence-corrected chi connectivity index (χ3v) is 10.4. The quantitative estimate of drug-likeness (QED) is 0.179. The van der Waals surface area contributed by atoms with E-state index in [4.69, 9.17) is 14.4 Å². The van der Waals surface area contributed by atoms with Crippen molar-refractivity contribution in [3.63, 3.8) is 0 Å². The van der Waals surface area contributed by atoms with Crippen LogP contribution in [0.25, 0.3) is 66.4 Å². The molecule has 2 heterocycles. The highest BCUT2D eigenvalue weighted by Gasteiger charge is 2.25. The zero-order chi connectivity index (χ0) is 36.6. The third-order valence-electron chi connectivity index (χ3n) is 10.4. The van der Waals surface area contributed by atoms with Crippen LogP contribution in [0.3, 0.4) is 0 Å². The van der Waals surface area contributed by atoms with Crippen molar-refractivity contribution >= 4 is 33.6 Å². The first-order valence-electron chi connectivity index (χ1n) is 18.6. The fourth-order valence-electron chi connectivity index (χ4n) is 7.64. The van der Waals surface area contributed by atoms with Gasteiger partial charge in [0.1, 0.15) is 23.2 Å². The second-order valence-electron chi connectivity index (χ2n) is 13.8. The zero-order valence-electron chi connectivity index (χ0n) is 29.9. The Morgan fingerprint density at radius 2 is 0.945 bits per heavy atom. The van der Waals surface area contributed by atoms with Crippen LogP contribution >= 0.6 is 0 Å². The van der Waals surface area contributed by atoms with Crippen molar-refractivity contribution in [3.05, 3.63) is 217 Å². The highest BCUT2D eigenvalue weighted by Crippen LogP contribution is 2.42. The van der Waals surface area contributed by atoms with Crippen molar-refractivity contribution in [3.8, 4) is 44.5 Å². The summed E-state index contributed by atoms with van der Waals surface area (Å²) >= 11 is 0. The van der Waals surface area contributed by atoms with Crippen LogP contribution in [-0.2, 0) is 0 Å². The van der Waals surface area contributed by atoms with E-state index in [-0.39, 0.29) is 6.17 Å². The molecular weight excluding hydrogens is 671 g/mol. The van der Waals surface area contributed by atoms with Gasteiger partial charge in [0.05, 0.1) is 0 Å². The monoisotopic (exact) mass is 705 g/mol. The number of para-hydroxylation sites is 1. The Labute approximate surface area is 319 Å². The maximum absolute atomic E-state index is 7.04. The summed E-state index contributed by atoms with van der Waals surface area (Å²) in [6.07, 6.45) is -0.311. The number of fused-ring (bicyclic) bond motifs is 3. The SMILES string of the molecule is c1ccc(C2=NC(c3ccc4c(oc5c(-c6ccc(-c7cccc(-c8ccccc8)c7)cc6)cccc54)c3-c3ccccc3)=NC(c3ccccc3)N2)cc1. The molecule has 8 aromatic carbocycles. The van der Waals surface area contributed by atoms with Gasteiger partial charge in [-0.2, -0.15) is 0 Å². The second-order valence-corrected chi connectivity index (χ2v) is 13.8. The van der Waals surface area contributed by atoms with Crippen molar-refractivity contribution < 1.29 is 4.42 Å². The fraction of sp³-hybridized carbons (Fsp3) is 0.0196. The molecule has 1 aliphatic rings. The number of furan rings is 1. The summed E-state index contributed by atoms with van der Waals surface area (Å²) in [5.74, 6) is 1.43. The lowest BCUT2D eigenvalue weighted by Gasteiger charge is -2.24. The lowest BCUT2D eigenvalue weighted by atomic mass is 9.94. The van der Waals surface area contributed by atoms with E-state index in [0.29, 0.717) is 5.84 Å². The van der Waals surface area contributed by atoms with Crippen molar-refractivity contribution in [1.82, 2.24) is 5.32 Å². The van der Waals surface area contributed by atoms with Crippen LogP contribution in [0.1, 0.15) is 22.9 Å². The van der Waals surface area contributed by atoms with E-state index in [2.05, 4.69) is 163 Å². The molecule has 0 spiro atoms. The average molecular weight is 706 g/mol. The molecule has 55 heavy (non-hydrogen) atoms. The Kier molecular flexibility index (Phi) is 8.19. The molecule has 9 aromatic rings. The van der Waals surface area contributed by atoms with Crippen LogP contribution in [0, 0.1) is 0 Å². The number of nitrogens with zero attached hydrogens (tertiary/aromatic N) is 2. The number of amidine groups is 2. The summed E-state index contributed by atoms with van der Waals surface area (Å²) in [5.41, 5.74) is 13.6. The lowest BCUT2D eigenvalue weighted by Crippen LogP contribution is -2.33. The minimum absolute atomic E-state index is 0.311. The van der Waals surface area contributed by atoms with Gasteiger partial charge in [-0.15, -0.1) is 0 Å². The first-order chi connectivity index (χ1) is 27.3. The van der Waals surface area contributed by atoms with E-state index in [1.807, 2.05) is 42.5 Å². The zero-order valence-corrected chi connectivity index (χ0v) is 29.9. The molecule has 0 aliphatic carbocycles. The normalized spacial score (nSPS) is 14.0. The highest BCUT2D eigenvalue weighted by molar-refractivity contribution is 6.20. The van der Waals surface area contributed by atoms with Crippen molar-refractivity contribution in [2.45, 2.75) is 6.17 Å². The molecule has 1 atom stereocenters. The van der Waals surface area contributed by atoms with E-state index in [0.717, 1.165) is 66.7 Å². The fourth-order valence-corrected chi connectivity index (χ4v) is 7.64. The van der Waals surface area contributed by atoms with Gasteiger partial charge in [0.15, 0.2) is 5.84 Å². The average Bonchev–Trinajstić information content (AvgIpc) is 3.66. The predicted octanol–water partition coefficient (Wildman–Crippen LogP) is 12.7. The summed E-state index contributed by atoms with van der Waals surface area (Å²) < 4.78 is 7.04. The number of benzene rings is 8. The minimum atomic E-state index is -0.311.